The molecule has 0 atom stereocenters. The van der Waals surface area contributed by atoms with Gasteiger partial charge in [0.1, 0.15) is 17.3 Å². The third-order valence-electron chi connectivity index (χ3n) is 4.90. The van der Waals surface area contributed by atoms with E-state index in [0.29, 0.717) is 10.2 Å². The van der Waals surface area contributed by atoms with Gasteiger partial charge in [-0.25, -0.2) is 13.6 Å². The van der Waals surface area contributed by atoms with Gasteiger partial charge in [-0.15, -0.1) is 0 Å². The number of aryl methyl sites for hydroxylation is 1. The van der Waals surface area contributed by atoms with Crippen LogP contribution in [0.4, 0.5) is 14.5 Å². The van der Waals surface area contributed by atoms with Crippen LogP contribution in [0.25, 0.3) is 5.69 Å². The van der Waals surface area contributed by atoms with Crippen molar-refractivity contribution in [1.82, 2.24) is 14.3 Å². The van der Waals surface area contributed by atoms with Crippen molar-refractivity contribution in [2.75, 3.05) is 5.32 Å². The maximum atomic E-state index is 14.5. The summed E-state index contributed by atoms with van der Waals surface area (Å²) in [5.74, 6) is -2.31. The molecule has 33 heavy (non-hydrogen) atoms. The van der Waals surface area contributed by atoms with Gasteiger partial charge >= 0.3 is 5.69 Å². The molecule has 0 aliphatic heterocycles. The lowest BCUT2D eigenvalue weighted by Crippen LogP contribution is -2.45. The van der Waals surface area contributed by atoms with Crippen LogP contribution in [0.3, 0.4) is 0 Å². The zero-order valence-corrected chi connectivity index (χ0v) is 17.5. The minimum Gasteiger partial charge on any atom is -0.320 e. The van der Waals surface area contributed by atoms with Crippen molar-refractivity contribution in [1.29, 1.82) is 0 Å². The third-order valence-corrected chi connectivity index (χ3v) is 4.90. The molecule has 0 fully saturated rings. The highest BCUT2D eigenvalue weighted by Crippen LogP contribution is 2.12. The fourth-order valence-corrected chi connectivity index (χ4v) is 3.21. The van der Waals surface area contributed by atoms with Crippen LogP contribution in [0.5, 0.6) is 0 Å². The summed E-state index contributed by atoms with van der Waals surface area (Å²) >= 11 is 0. The van der Waals surface area contributed by atoms with Crippen LogP contribution in [0.2, 0.25) is 0 Å². The minimum atomic E-state index is -0.964. The topological polar surface area (TPSA) is 86.0 Å². The van der Waals surface area contributed by atoms with E-state index >= 15 is 0 Å². The molecule has 1 heterocycles. The van der Waals surface area contributed by atoms with E-state index in [2.05, 4.69) is 10.4 Å². The zero-order valence-electron chi connectivity index (χ0n) is 17.5. The summed E-state index contributed by atoms with van der Waals surface area (Å²) in [7, 11) is 0. The second-order valence-corrected chi connectivity index (χ2v) is 7.34. The number of benzene rings is 3. The number of para-hydroxylation sites is 1. The minimum absolute atomic E-state index is 0.0925. The molecular formula is C24H18F2N4O3. The number of rotatable bonds is 5. The Balaban J connectivity index is 1.86. The number of carbonyl (C=O) groups excluding carboxylic acids is 1. The highest BCUT2D eigenvalue weighted by Gasteiger charge is 2.22. The van der Waals surface area contributed by atoms with Gasteiger partial charge in [-0.1, -0.05) is 48.0 Å². The molecule has 4 rings (SSSR count). The molecule has 1 aromatic heterocycles. The Hall–Kier alpha value is -4.40. The Bertz CT molecular complexity index is 1460. The van der Waals surface area contributed by atoms with Crippen LogP contribution in [0.15, 0.2) is 82.4 Å². The van der Waals surface area contributed by atoms with Crippen molar-refractivity contribution in [3.63, 3.8) is 0 Å². The number of nitrogens with zero attached hydrogens (tertiary/aromatic N) is 3. The Morgan fingerprint density at radius 1 is 0.970 bits per heavy atom. The average molecular weight is 448 g/mol. The first-order chi connectivity index (χ1) is 15.8. The molecule has 0 saturated carbocycles. The molecule has 3 aromatic carbocycles. The third kappa shape index (κ3) is 4.62. The molecule has 1 N–H and O–H groups in total. The van der Waals surface area contributed by atoms with E-state index in [1.807, 2.05) is 19.1 Å². The van der Waals surface area contributed by atoms with Crippen LogP contribution in [-0.4, -0.2) is 20.3 Å². The van der Waals surface area contributed by atoms with Crippen LogP contribution >= 0.6 is 0 Å². The van der Waals surface area contributed by atoms with Crippen molar-refractivity contribution < 1.29 is 13.6 Å². The molecule has 1 amide bonds. The van der Waals surface area contributed by atoms with Crippen molar-refractivity contribution in [2.24, 2.45) is 0 Å². The fraction of sp³-hybridized carbons (Fsp3) is 0.0833. The van der Waals surface area contributed by atoms with Gasteiger partial charge in [0, 0.05) is 5.69 Å². The van der Waals surface area contributed by atoms with E-state index in [1.54, 1.807) is 12.1 Å². The molecule has 166 valence electrons. The maximum Gasteiger partial charge on any atom is 0.352 e. The molecule has 0 saturated heterocycles. The lowest BCUT2D eigenvalue weighted by Gasteiger charge is -2.13. The SMILES string of the molecule is Cc1ccc(Cn2c(=O)c(C(=O)Nc3cccc(F)c3)nn(-c3ccccc3F)c2=O)cc1. The number of nitrogens with one attached hydrogen (secondary N) is 1. The van der Waals surface area contributed by atoms with E-state index in [9.17, 15) is 23.2 Å². The maximum absolute atomic E-state index is 14.5. The lowest BCUT2D eigenvalue weighted by atomic mass is 10.1. The summed E-state index contributed by atoms with van der Waals surface area (Å²) < 4.78 is 29.4. The van der Waals surface area contributed by atoms with Crippen molar-refractivity contribution >= 4 is 11.6 Å². The largest absolute Gasteiger partial charge is 0.352 e. The van der Waals surface area contributed by atoms with Gasteiger partial charge in [0.05, 0.1) is 6.54 Å². The number of amides is 1. The number of carbonyl (C=O) groups is 1. The fourth-order valence-electron chi connectivity index (χ4n) is 3.21. The zero-order chi connectivity index (χ0) is 23.5. The molecule has 0 aliphatic rings. The van der Waals surface area contributed by atoms with Gasteiger partial charge < -0.3 is 5.32 Å². The van der Waals surface area contributed by atoms with E-state index in [-0.39, 0.29) is 17.9 Å². The lowest BCUT2D eigenvalue weighted by molar-refractivity contribution is 0.101. The van der Waals surface area contributed by atoms with E-state index in [0.717, 1.165) is 22.3 Å². The Morgan fingerprint density at radius 3 is 2.39 bits per heavy atom. The molecule has 4 aromatic rings. The number of anilines is 1. The molecule has 0 aliphatic carbocycles. The van der Waals surface area contributed by atoms with Gasteiger partial charge in [0.25, 0.3) is 11.5 Å². The number of hydrogen-bond acceptors (Lipinski definition) is 4. The van der Waals surface area contributed by atoms with Gasteiger partial charge in [-0.3, -0.25) is 14.2 Å². The van der Waals surface area contributed by atoms with E-state index in [1.165, 1.54) is 36.4 Å². The average Bonchev–Trinajstić information content (AvgIpc) is 2.79. The van der Waals surface area contributed by atoms with Crippen molar-refractivity contribution in [2.45, 2.75) is 13.5 Å². The highest BCUT2D eigenvalue weighted by atomic mass is 19.1. The second kappa shape index (κ2) is 8.99. The number of aromatic nitrogens is 3. The van der Waals surface area contributed by atoms with Gasteiger partial charge in [-0.05, 0) is 42.8 Å². The summed E-state index contributed by atoms with van der Waals surface area (Å²) in [5.41, 5.74) is -1.03. The normalized spacial score (nSPS) is 10.8. The highest BCUT2D eigenvalue weighted by molar-refractivity contribution is 6.02. The van der Waals surface area contributed by atoms with Crippen molar-refractivity contribution in [3.8, 4) is 5.69 Å². The van der Waals surface area contributed by atoms with Crippen molar-refractivity contribution in [3.05, 3.63) is 122 Å². The summed E-state index contributed by atoms with van der Waals surface area (Å²) in [5, 5.41) is 6.25. The van der Waals surface area contributed by atoms with Crippen LogP contribution < -0.4 is 16.6 Å². The van der Waals surface area contributed by atoms with Gasteiger partial charge in [0.2, 0.25) is 5.69 Å². The molecule has 0 unspecified atom stereocenters. The molecule has 0 bridgehead atoms. The standard InChI is InChI=1S/C24H18F2N4O3/c1-15-9-11-16(12-10-15)14-29-23(32)21(22(31)27-18-6-4-5-17(25)13-18)28-30(24(29)33)20-8-3-2-7-19(20)26/h2-13H,14H2,1H3,(H,27,31). The molecule has 7 nitrogen and oxygen atoms in total. The summed E-state index contributed by atoms with van der Waals surface area (Å²) in [6, 6.07) is 17.5. The molecule has 0 radical (unpaired) electrons. The quantitative estimate of drug-likeness (QED) is 0.508. The monoisotopic (exact) mass is 448 g/mol. The summed E-state index contributed by atoms with van der Waals surface area (Å²) in [4.78, 5) is 39.1. The Labute approximate surface area is 186 Å². The van der Waals surface area contributed by atoms with E-state index < -0.39 is 34.5 Å². The molecule has 0 spiro atoms. The Kier molecular flexibility index (Phi) is 5.95. The van der Waals surface area contributed by atoms with Crippen LogP contribution in [0, 0.1) is 18.6 Å². The predicted octanol–water partition coefficient (Wildman–Crippen LogP) is 3.28. The molecular weight excluding hydrogens is 430 g/mol. The van der Waals surface area contributed by atoms with Crippen LogP contribution in [-0.2, 0) is 6.54 Å². The van der Waals surface area contributed by atoms with Gasteiger partial charge in [-0.2, -0.15) is 9.78 Å². The second-order valence-electron chi connectivity index (χ2n) is 7.34. The number of hydrogen-bond donors (Lipinski definition) is 1. The first-order valence-electron chi connectivity index (χ1n) is 9.95. The summed E-state index contributed by atoms with van der Waals surface area (Å²) in [6.07, 6.45) is 0. The Morgan fingerprint density at radius 2 is 1.70 bits per heavy atom. The number of halogens is 2. The van der Waals surface area contributed by atoms with Gasteiger partial charge in [0.15, 0.2) is 0 Å². The predicted molar refractivity (Wildman–Crippen MR) is 119 cm³/mol. The smallest absolute Gasteiger partial charge is 0.320 e. The first kappa shape index (κ1) is 21.8. The van der Waals surface area contributed by atoms with E-state index in [4.69, 9.17) is 0 Å². The summed E-state index contributed by atoms with van der Waals surface area (Å²) in [6.45, 7) is 1.73. The first-order valence-corrected chi connectivity index (χ1v) is 9.95. The van der Waals surface area contributed by atoms with Crippen LogP contribution in [0.1, 0.15) is 21.6 Å². The molecule has 9 heteroatoms.